The lowest BCUT2D eigenvalue weighted by atomic mass is 10.5. The van der Waals surface area contributed by atoms with Crippen LogP contribution in [-0.4, -0.2) is 16.3 Å². The van der Waals surface area contributed by atoms with Crippen LogP contribution >= 0.6 is 12.4 Å². The highest BCUT2D eigenvalue weighted by atomic mass is 35.5. The van der Waals surface area contributed by atoms with Gasteiger partial charge in [-0.1, -0.05) is 0 Å². The SMILES string of the molecule is Cl.Nc1nc[nH]c1C=O. The van der Waals surface area contributed by atoms with E-state index in [4.69, 9.17) is 5.73 Å². The molecule has 0 aliphatic heterocycles. The number of H-pyrrole nitrogens is 1. The van der Waals surface area contributed by atoms with Crippen molar-refractivity contribution in [3.05, 3.63) is 12.0 Å². The Balaban J connectivity index is 0.000000640. The second-order valence-corrected chi connectivity index (χ2v) is 1.32. The maximum atomic E-state index is 9.94. The van der Waals surface area contributed by atoms with E-state index in [2.05, 4.69) is 9.97 Å². The summed E-state index contributed by atoms with van der Waals surface area (Å²) in [4.78, 5) is 16.1. The second kappa shape index (κ2) is 3.09. The zero-order valence-corrected chi connectivity index (χ0v) is 5.31. The average molecular weight is 148 g/mol. The highest BCUT2D eigenvalue weighted by molar-refractivity contribution is 5.85. The van der Waals surface area contributed by atoms with Gasteiger partial charge in [0.2, 0.25) is 0 Å². The van der Waals surface area contributed by atoms with Gasteiger partial charge in [0.05, 0.1) is 6.33 Å². The molecule has 0 saturated heterocycles. The Labute approximate surface area is 57.9 Å². The van der Waals surface area contributed by atoms with Crippen molar-refractivity contribution in [2.24, 2.45) is 0 Å². The summed E-state index contributed by atoms with van der Waals surface area (Å²) in [6.07, 6.45) is 2.00. The lowest BCUT2D eigenvalue weighted by molar-refractivity contribution is 0.112. The number of carbonyl (C=O) groups is 1. The number of hydrogen-bond donors (Lipinski definition) is 2. The lowest BCUT2D eigenvalue weighted by Crippen LogP contribution is -1.89. The third-order valence-electron chi connectivity index (χ3n) is 0.817. The summed E-state index contributed by atoms with van der Waals surface area (Å²) in [7, 11) is 0. The van der Waals surface area contributed by atoms with E-state index in [0.29, 0.717) is 12.0 Å². The van der Waals surface area contributed by atoms with Gasteiger partial charge in [0.1, 0.15) is 5.69 Å². The minimum absolute atomic E-state index is 0. The Hall–Kier alpha value is -1.03. The van der Waals surface area contributed by atoms with Crippen LogP contribution in [0.5, 0.6) is 0 Å². The molecule has 9 heavy (non-hydrogen) atoms. The number of aromatic amines is 1. The van der Waals surface area contributed by atoms with Gasteiger partial charge >= 0.3 is 0 Å². The van der Waals surface area contributed by atoms with Crippen LogP contribution < -0.4 is 5.73 Å². The number of aromatic nitrogens is 2. The second-order valence-electron chi connectivity index (χ2n) is 1.32. The molecule has 1 heterocycles. The number of nitrogens with one attached hydrogen (secondary N) is 1. The number of anilines is 1. The molecule has 1 aromatic heterocycles. The Morgan fingerprint density at radius 3 is 2.67 bits per heavy atom. The molecular formula is C4H6ClN3O. The van der Waals surface area contributed by atoms with Crippen LogP contribution in [0.25, 0.3) is 0 Å². The summed E-state index contributed by atoms with van der Waals surface area (Å²) in [5.41, 5.74) is 5.52. The van der Waals surface area contributed by atoms with Gasteiger partial charge in [-0.2, -0.15) is 0 Å². The Bertz CT molecular complexity index is 197. The van der Waals surface area contributed by atoms with Crippen molar-refractivity contribution in [3.63, 3.8) is 0 Å². The molecule has 0 amide bonds. The molecule has 1 aromatic rings. The van der Waals surface area contributed by atoms with Crippen LogP contribution in [0.3, 0.4) is 0 Å². The summed E-state index contributed by atoms with van der Waals surface area (Å²) in [6.45, 7) is 0. The van der Waals surface area contributed by atoms with Crippen molar-refractivity contribution >= 4 is 24.5 Å². The lowest BCUT2D eigenvalue weighted by Gasteiger charge is -1.79. The zero-order chi connectivity index (χ0) is 5.98. The average Bonchev–Trinajstić information content (AvgIpc) is 2.14. The number of nitrogens with two attached hydrogens (primary N) is 1. The number of nitrogen functional groups attached to an aromatic ring is 1. The highest BCUT2D eigenvalue weighted by Gasteiger charge is 1.94. The van der Waals surface area contributed by atoms with Crippen LogP contribution in [0.15, 0.2) is 6.33 Å². The molecule has 0 aliphatic carbocycles. The zero-order valence-electron chi connectivity index (χ0n) is 4.50. The van der Waals surface area contributed by atoms with Crippen molar-refractivity contribution in [2.45, 2.75) is 0 Å². The van der Waals surface area contributed by atoms with E-state index in [0.717, 1.165) is 0 Å². The van der Waals surface area contributed by atoms with Crippen LogP contribution in [0.1, 0.15) is 10.5 Å². The predicted octanol–water partition coefficient (Wildman–Crippen LogP) is 0.226. The molecular weight excluding hydrogens is 142 g/mol. The van der Waals surface area contributed by atoms with Crippen molar-refractivity contribution in [2.75, 3.05) is 5.73 Å². The molecule has 0 bridgehead atoms. The van der Waals surface area contributed by atoms with Crippen molar-refractivity contribution in [1.82, 2.24) is 9.97 Å². The fraction of sp³-hybridized carbons (Fsp3) is 0. The van der Waals surface area contributed by atoms with Gasteiger partial charge < -0.3 is 10.7 Å². The van der Waals surface area contributed by atoms with E-state index < -0.39 is 0 Å². The van der Waals surface area contributed by atoms with Crippen molar-refractivity contribution in [3.8, 4) is 0 Å². The third-order valence-corrected chi connectivity index (χ3v) is 0.817. The third kappa shape index (κ3) is 1.43. The first-order valence-electron chi connectivity index (χ1n) is 2.08. The number of hydrogen-bond acceptors (Lipinski definition) is 3. The molecule has 0 fully saturated rings. The number of carbonyl (C=O) groups excluding carboxylic acids is 1. The van der Waals surface area contributed by atoms with Crippen LogP contribution in [0.4, 0.5) is 5.82 Å². The Morgan fingerprint density at radius 1 is 1.78 bits per heavy atom. The smallest absolute Gasteiger partial charge is 0.170 e. The monoisotopic (exact) mass is 147 g/mol. The van der Waals surface area contributed by atoms with Crippen LogP contribution in [0.2, 0.25) is 0 Å². The maximum absolute atomic E-state index is 9.94. The first-order valence-corrected chi connectivity index (χ1v) is 2.08. The van der Waals surface area contributed by atoms with E-state index in [1.807, 2.05) is 0 Å². The van der Waals surface area contributed by atoms with Gasteiger partial charge in [0.15, 0.2) is 12.1 Å². The molecule has 0 aromatic carbocycles. The molecule has 1 rings (SSSR count). The van der Waals surface area contributed by atoms with E-state index in [1.54, 1.807) is 0 Å². The van der Waals surface area contributed by atoms with Gasteiger partial charge in [-0.15, -0.1) is 12.4 Å². The molecule has 0 saturated carbocycles. The Morgan fingerprint density at radius 2 is 2.44 bits per heavy atom. The summed E-state index contributed by atoms with van der Waals surface area (Å²) >= 11 is 0. The van der Waals surface area contributed by atoms with Crippen LogP contribution in [-0.2, 0) is 0 Å². The van der Waals surface area contributed by atoms with Crippen LogP contribution in [0, 0.1) is 0 Å². The summed E-state index contributed by atoms with van der Waals surface area (Å²) in [6, 6.07) is 0. The summed E-state index contributed by atoms with van der Waals surface area (Å²) in [5.74, 6) is 0.250. The summed E-state index contributed by atoms with van der Waals surface area (Å²) in [5, 5.41) is 0. The number of rotatable bonds is 1. The first-order chi connectivity index (χ1) is 3.84. The van der Waals surface area contributed by atoms with Gasteiger partial charge in [-0.3, -0.25) is 4.79 Å². The van der Waals surface area contributed by atoms with E-state index in [-0.39, 0.29) is 18.2 Å². The molecule has 0 aliphatic rings. The quantitative estimate of drug-likeness (QED) is 0.559. The van der Waals surface area contributed by atoms with Gasteiger partial charge in [-0.05, 0) is 0 Å². The molecule has 50 valence electrons. The number of nitrogens with zero attached hydrogens (tertiary/aromatic N) is 1. The fourth-order valence-corrected chi connectivity index (χ4v) is 0.409. The van der Waals surface area contributed by atoms with Crippen molar-refractivity contribution < 1.29 is 4.79 Å². The normalized spacial score (nSPS) is 8.00. The van der Waals surface area contributed by atoms with E-state index >= 15 is 0 Å². The molecule has 0 atom stereocenters. The highest BCUT2D eigenvalue weighted by Crippen LogP contribution is 1.97. The first kappa shape index (κ1) is 7.97. The standard InChI is InChI=1S/C4H5N3O.ClH/c5-4-3(1-8)6-2-7-4;/h1-2H,5H2,(H,6,7);1H. The van der Waals surface area contributed by atoms with Gasteiger partial charge in [0, 0.05) is 0 Å². The molecule has 4 nitrogen and oxygen atoms in total. The van der Waals surface area contributed by atoms with E-state index in [9.17, 15) is 4.79 Å². The molecule has 0 spiro atoms. The largest absolute Gasteiger partial charge is 0.382 e. The minimum Gasteiger partial charge on any atom is -0.382 e. The maximum Gasteiger partial charge on any atom is 0.170 e. The summed E-state index contributed by atoms with van der Waals surface area (Å²) < 4.78 is 0. The van der Waals surface area contributed by atoms with E-state index in [1.165, 1.54) is 6.33 Å². The molecule has 3 N–H and O–H groups in total. The topological polar surface area (TPSA) is 71.8 Å². The Kier molecular flexibility index (Phi) is 2.73. The van der Waals surface area contributed by atoms with Gasteiger partial charge in [0.25, 0.3) is 0 Å². The number of imidazole rings is 1. The predicted molar refractivity (Wildman–Crippen MR) is 35.6 cm³/mol. The number of halogens is 1. The number of aldehydes is 1. The van der Waals surface area contributed by atoms with Gasteiger partial charge in [-0.25, -0.2) is 4.98 Å². The molecule has 0 unspecified atom stereocenters. The minimum atomic E-state index is 0. The molecule has 5 heteroatoms. The van der Waals surface area contributed by atoms with Crippen molar-refractivity contribution in [1.29, 1.82) is 0 Å². The fourth-order valence-electron chi connectivity index (χ4n) is 0.409. The molecule has 0 radical (unpaired) electrons.